The molecule has 0 bridgehead atoms. The average Bonchev–Trinajstić information content (AvgIpc) is 2.75. The van der Waals surface area contributed by atoms with Gasteiger partial charge in [-0.15, -0.1) is 0 Å². The molecule has 0 unspecified atom stereocenters. The molecule has 2 heterocycles. The van der Waals surface area contributed by atoms with Gasteiger partial charge in [0.2, 0.25) is 11.8 Å². The summed E-state index contributed by atoms with van der Waals surface area (Å²) >= 11 is 0. The molecule has 0 aromatic carbocycles. The highest BCUT2D eigenvalue weighted by Crippen LogP contribution is 2.19. The summed E-state index contributed by atoms with van der Waals surface area (Å²) in [7, 11) is 0. The normalized spacial score (nSPS) is 10.4. The number of nitrogens with zero attached hydrogens (tertiary/aromatic N) is 3. The molecule has 0 radical (unpaired) electrons. The fourth-order valence-corrected chi connectivity index (χ4v) is 1.93. The van der Waals surface area contributed by atoms with E-state index < -0.39 is 11.8 Å². The van der Waals surface area contributed by atoms with Crippen molar-refractivity contribution in [3.63, 3.8) is 0 Å². The first-order valence-corrected chi connectivity index (χ1v) is 5.76. The van der Waals surface area contributed by atoms with Crippen molar-refractivity contribution in [2.45, 2.75) is 0 Å². The van der Waals surface area contributed by atoms with Crippen molar-refractivity contribution in [2.24, 2.45) is 11.5 Å². The number of rotatable bonds is 6. The maximum absolute atomic E-state index is 11.3. The summed E-state index contributed by atoms with van der Waals surface area (Å²) in [4.78, 5) is 38.9. The number of aromatic nitrogens is 2. The second kappa shape index (κ2) is 5.39. The largest absolute Gasteiger partial charge is 0.368 e. The van der Waals surface area contributed by atoms with Crippen molar-refractivity contribution in [3.05, 3.63) is 30.1 Å². The molecule has 2 aromatic heterocycles. The summed E-state index contributed by atoms with van der Waals surface area (Å²) in [5, 5.41) is 0. The first-order valence-electron chi connectivity index (χ1n) is 5.76. The van der Waals surface area contributed by atoms with Gasteiger partial charge < -0.3 is 16.4 Å². The third-order valence-electron chi connectivity index (χ3n) is 2.65. The van der Waals surface area contributed by atoms with Crippen LogP contribution in [-0.2, 0) is 9.59 Å². The van der Waals surface area contributed by atoms with E-state index >= 15 is 0 Å². The van der Waals surface area contributed by atoms with Crippen LogP contribution >= 0.6 is 0 Å². The van der Waals surface area contributed by atoms with Crippen molar-refractivity contribution in [2.75, 3.05) is 18.0 Å². The third kappa shape index (κ3) is 2.58. The van der Waals surface area contributed by atoms with Crippen LogP contribution in [0.4, 0.5) is 5.82 Å². The minimum atomic E-state index is -0.653. The predicted molar refractivity (Wildman–Crippen MR) is 71.2 cm³/mol. The van der Waals surface area contributed by atoms with Crippen molar-refractivity contribution in [1.82, 2.24) is 9.38 Å². The molecule has 2 rings (SSSR count). The maximum Gasteiger partial charge on any atom is 0.237 e. The molecule has 0 atom stereocenters. The number of aldehydes is 1. The lowest BCUT2D eigenvalue weighted by molar-refractivity contribution is -0.117. The van der Waals surface area contributed by atoms with Crippen molar-refractivity contribution in [3.8, 4) is 0 Å². The Bertz CT molecular complexity index is 663. The predicted octanol–water partition coefficient (Wildman–Crippen LogP) is -1.08. The van der Waals surface area contributed by atoms with E-state index in [0.29, 0.717) is 11.9 Å². The highest BCUT2D eigenvalue weighted by Gasteiger charge is 2.20. The lowest BCUT2D eigenvalue weighted by Gasteiger charge is -2.19. The Balaban J connectivity index is 2.53. The Labute approximate surface area is 114 Å². The molecular weight excluding hydrogens is 262 g/mol. The van der Waals surface area contributed by atoms with Crippen LogP contribution in [0.2, 0.25) is 0 Å². The molecule has 2 aromatic rings. The molecule has 20 heavy (non-hydrogen) atoms. The van der Waals surface area contributed by atoms with E-state index in [1.165, 1.54) is 4.90 Å². The Morgan fingerprint density at radius 2 is 1.90 bits per heavy atom. The zero-order valence-corrected chi connectivity index (χ0v) is 10.5. The first kappa shape index (κ1) is 13.5. The lowest BCUT2D eigenvalue weighted by atomic mass is 10.3. The first-order chi connectivity index (χ1) is 9.52. The van der Waals surface area contributed by atoms with Gasteiger partial charge in [0, 0.05) is 6.20 Å². The molecule has 0 saturated carbocycles. The number of carbonyl (C=O) groups excluding carboxylic acids is 3. The molecule has 0 aliphatic heterocycles. The molecule has 0 saturated heterocycles. The smallest absolute Gasteiger partial charge is 0.237 e. The quantitative estimate of drug-likeness (QED) is 0.649. The number of nitrogens with two attached hydrogens (primary N) is 2. The number of fused-ring (bicyclic) bond motifs is 1. The molecule has 0 fully saturated rings. The fraction of sp³-hybridized carbons (Fsp3) is 0.167. The van der Waals surface area contributed by atoms with Gasteiger partial charge >= 0.3 is 0 Å². The van der Waals surface area contributed by atoms with E-state index in [-0.39, 0.29) is 24.6 Å². The van der Waals surface area contributed by atoms with E-state index in [2.05, 4.69) is 4.98 Å². The molecule has 4 N–H and O–H groups in total. The molecule has 2 amide bonds. The van der Waals surface area contributed by atoms with Crippen LogP contribution in [0.15, 0.2) is 24.4 Å². The van der Waals surface area contributed by atoms with E-state index in [1.807, 2.05) is 0 Å². The van der Waals surface area contributed by atoms with Crippen molar-refractivity contribution >= 4 is 29.6 Å². The molecule has 104 valence electrons. The molecule has 0 aliphatic carbocycles. The topological polar surface area (TPSA) is 124 Å². The van der Waals surface area contributed by atoms with Crippen LogP contribution in [0.3, 0.4) is 0 Å². The zero-order chi connectivity index (χ0) is 14.7. The molecule has 0 spiro atoms. The minimum absolute atomic E-state index is 0.198. The minimum Gasteiger partial charge on any atom is -0.368 e. The number of primary amides is 2. The van der Waals surface area contributed by atoms with Gasteiger partial charge in [-0.05, 0) is 12.1 Å². The SMILES string of the molecule is NC(=O)CN(CC(N)=O)c1nc2ccccn2c1C=O. The number of amides is 2. The van der Waals surface area contributed by atoms with E-state index in [0.717, 1.165) is 0 Å². The summed E-state index contributed by atoms with van der Waals surface area (Å²) < 4.78 is 1.55. The fourth-order valence-electron chi connectivity index (χ4n) is 1.93. The maximum atomic E-state index is 11.3. The number of pyridine rings is 1. The van der Waals surface area contributed by atoms with Crippen LogP contribution in [-0.4, -0.2) is 40.6 Å². The van der Waals surface area contributed by atoms with Gasteiger partial charge in [-0.2, -0.15) is 0 Å². The summed E-state index contributed by atoms with van der Waals surface area (Å²) in [5.41, 5.74) is 11.0. The average molecular weight is 275 g/mol. The lowest BCUT2D eigenvalue weighted by Crippen LogP contribution is -2.40. The third-order valence-corrected chi connectivity index (χ3v) is 2.65. The summed E-state index contributed by atoms with van der Waals surface area (Å²) in [6, 6.07) is 5.19. The van der Waals surface area contributed by atoms with Gasteiger partial charge in [-0.25, -0.2) is 4.98 Å². The molecule has 8 heteroatoms. The van der Waals surface area contributed by atoms with Crippen LogP contribution in [0, 0.1) is 0 Å². The monoisotopic (exact) mass is 275 g/mol. The van der Waals surface area contributed by atoms with Gasteiger partial charge in [-0.1, -0.05) is 6.07 Å². The van der Waals surface area contributed by atoms with Crippen LogP contribution in [0.25, 0.3) is 5.65 Å². The van der Waals surface area contributed by atoms with E-state index in [1.54, 1.807) is 28.8 Å². The second-order valence-corrected chi connectivity index (χ2v) is 4.16. The van der Waals surface area contributed by atoms with Crippen LogP contribution in [0.1, 0.15) is 10.5 Å². The summed E-state index contributed by atoms with van der Waals surface area (Å²) in [6.07, 6.45) is 2.26. The van der Waals surface area contributed by atoms with Gasteiger partial charge in [-0.3, -0.25) is 18.8 Å². The van der Waals surface area contributed by atoms with Gasteiger partial charge in [0.15, 0.2) is 12.1 Å². The molecule has 8 nitrogen and oxygen atoms in total. The van der Waals surface area contributed by atoms with E-state index in [4.69, 9.17) is 11.5 Å². The molecule has 0 aliphatic rings. The number of carbonyl (C=O) groups is 3. The second-order valence-electron chi connectivity index (χ2n) is 4.16. The number of hydrogen-bond donors (Lipinski definition) is 2. The van der Waals surface area contributed by atoms with Gasteiger partial charge in [0.05, 0.1) is 13.1 Å². The standard InChI is InChI=1S/C12H13N5O3/c13-9(19)5-16(6-10(14)20)12-8(7-18)17-4-2-1-3-11(17)15-12/h1-4,7H,5-6H2,(H2,13,19)(H2,14,20). The Morgan fingerprint density at radius 3 is 2.45 bits per heavy atom. The number of hydrogen-bond acceptors (Lipinski definition) is 5. The van der Waals surface area contributed by atoms with Crippen molar-refractivity contribution < 1.29 is 14.4 Å². The van der Waals surface area contributed by atoms with Crippen molar-refractivity contribution in [1.29, 1.82) is 0 Å². The molecular formula is C12H13N5O3. The van der Waals surface area contributed by atoms with Gasteiger partial charge in [0.25, 0.3) is 0 Å². The highest BCUT2D eigenvalue weighted by atomic mass is 16.2. The Morgan fingerprint density at radius 1 is 1.25 bits per heavy atom. The van der Waals surface area contributed by atoms with Crippen LogP contribution in [0.5, 0.6) is 0 Å². The zero-order valence-electron chi connectivity index (χ0n) is 10.5. The summed E-state index contributed by atoms with van der Waals surface area (Å²) in [5.74, 6) is -1.11. The number of anilines is 1. The van der Waals surface area contributed by atoms with Gasteiger partial charge in [0.1, 0.15) is 11.3 Å². The van der Waals surface area contributed by atoms with Crippen LogP contribution < -0.4 is 16.4 Å². The van der Waals surface area contributed by atoms with E-state index in [9.17, 15) is 14.4 Å². The Kier molecular flexibility index (Phi) is 3.65. The highest BCUT2D eigenvalue weighted by molar-refractivity contribution is 5.89. The Hall–Kier alpha value is -2.90. The summed E-state index contributed by atoms with van der Waals surface area (Å²) in [6.45, 7) is -0.513. The number of imidazole rings is 1.